The summed E-state index contributed by atoms with van der Waals surface area (Å²) < 4.78 is 0. The number of anilines is 1. The van der Waals surface area contributed by atoms with E-state index in [4.69, 9.17) is 16.7 Å². The number of rotatable bonds is 6. The van der Waals surface area contributed by atoms with Crippen LogP contribution in [0.4, 0.5) is 5.69 Å². The molecule has 2 rings (SSSR count). The fourth-order valence-corrected chi connectivity index (χ4v) is 2.43. The molecule has 0 spiro atoms. The Balaban J connectivity index is 2.26. The monoisotopic (exact) mass is 303 g/mol. The molecule has 1 unspecified atom stereocenters. The number of hydrogen-bond donors (Lipinski definition) is 1. The lowest BCUT2D eigenvalue weighted by Crippen LogP contribution is -2.29. The molecule has 0 aliphatic heterocycles. The lowest BCUT2D eigenvalue weighted by atomic mass is 10.1. The van der Waals surface area contributed by atoms with Crippen molar-refractivity contribution >= 4 is 23.3 Å². The zero-order valence-corrected chi connectivity index (χ0v) is 12.6. The molecule has 0 bridgehead atoms. The first-order valence-electron chi connectivity index (χ1n) is 6.87. The average molecular weight is 304 g/mol. The minimum Gasteiger partial charge on any atom is -0.481 e. The lowest BCUT2D eigenvalue weighted by molar-refractivity contribution is -0.136. The van der Waals surface area contributed by atoms with Gasteiger partial charge in [0, 0.05) is 17.3 Å². The van der Waals surface area contributed by atoms with Crippen molar-refractivity contribution in [1.29, 1.82) is 0 Å². The van der Waals surface area contributed by atoms with Crippen molar-refractivity contribution in [1.82, 2.24) is 0 Å². The summed E-state index contributed by atoms with van der Waals surface area (Å²) in [6.45, 7) is 2.53. The minimum atomic E-state index is -0.797. The number of carbonyl (C=O) groups is 1. The fraction of sp³-hybridized carbons (Fsp3) is 0.235. The molecule has 0 heterocycles. The number of aliphatic carboxylic acids is 1. The van der Waals surface area contributed by atoms with Crippen LogP contribution in [0.3, 0.4) is 0 Å². The Morgan fingerprint density at radius 2 is 1.76 bits per heavy atom. The molecule has 4 heteroatoms. The molecule has 0 saturated carbocycles. The van der Waals surface area contributed by atoms with E-state index in [2.05, 4.69) is 11.8 Å². The Labute approximate surface area is 129 Å². The molecule has 0 radical (unpaired) electrons. The highest BCUT2D eigenvalue weighted by Crippen LogP contribution is 2.28. The molecule has 2 aromatic rings. The topological polar surface area (TPSA) is 40.5 Å². The summed E-state index contributed by atoms with van der Waals surface area (Å²) in [5.74, 6) is -0.797. The van der Waals surface area contributed by atoms with Crippen molar-refractivity contribution in [2.24, 2.45) is 0 Å². The third-order valence-electron chi connectivity index (χ3n) is 3.47. The Bertz CT molecular complexity index is 583. The Kier molecular flexibility index (Phi) is 5.23. The molecule has 0 aliphatic carbocycles. The van der Waals surface area contributed by atoms with Gasteiger partial charge in [-0.15, -0.1) is 0 Å². The highest BCUT2D eigenvalue weighted by atomic mass is 35.5. The smallest absolute Gasteiger partial charge is 0.305 e. The van der Waals surface area contributed by atoms with E-state index < -0.39 is 5.97 Å². The Hall–Kier alpha value is -2.00. The normalized spacial score (nSPS) is 11.9. The van der Waals surface area contributed by atoms with Gasteiger partial charge >= 0.3 is 5.97 Å². The highest BCUT2D eigenvalue weighted by Gasteiger charge is 2.17. The second-order valence-electron chi connectivity index (χ2n) is 4.90. The average Bonchev–Trinajstić information content (AvgIpc) is 2.49. The number of halogens is 1. The van der Waals surface area contributed by atoms with E-state index in [1.54, 1.807) is 0 Å². The molecule has 1 atom stereocenters. The van der Waals surface area contributed by atoms with Crippen molar-refractivity contribution in [3.05, 3.63) is 65.2 Å². The van der Waals surface area contributed by atoms with Crippen molar-refractivity contribution in [3.8, 4) is 0 Å². The molecule has 0 saturated heterocycles. The van der Waals surface area contributed by atoms with Crippen LogP contribution in [0.25, 0.3) is 0 Å². The number of nitrogens with zero attached hydrogens (tertiary/aromatic N) is 1. The molecule has 3 nitrogen and oxygen atoms in total. The molecule has 0 amide bonds. The molecule has 110 valence electrons. The SMILES string of the molecule is CC(c1ccccc1)N(CCC(=O)O)c1ccc(Cl)cc1. The van der Waals surface area contributed by atoms with Crippen molar-refractivity contribution in [2.45, 2.75) is 19.4 Å². The van der Waals surface area contributed by atoms with Crippen LogP contribution in [0.15, 0.2) is 54.6 Å². The molecule has 2 aromatic carbocycles. The predicted molar refractivity (Wildman–Crippen MR) is 85.9 cm³/mol. The van der Waals surface area contributed by atoms with Crippen molar-refractivity contribution < 1.29 is 9.90 Å². The summed E-state index contributed by atoms with van der Waals surface area (Å²) in [4.78, 5) is 13.0. The minimum absolute atomic E-state index is 0.0896. The van der Waals surface area contributed by atoms with Crippen LogP contribution in [0.5, 0.6) is 0 Å². The van der Waals surface area contributed by atoms with Gasteiger partial charge in [0.15, 0.2) is 0 Å². The summed E-state index contributed by atoms with van der Waals surface area (Å²) in [5.41, 5.74) is 2.12. The summed E-state index contributed by atoms with van der Waals surface area (Å²) in [5, 5.41) is 9.63. The quantitative estimate of drug-likeness (QED) is 0.861. The van der Waals surface area contributed by atoms with Gasteiger partial charge in [-0.1, -0.05) is 41.9 Å². The van der Waals surface area contributed by atoms with Gasteiger partial charge < -0.3 is 10.0 Å². The Morgan fingerprint density at radius 1 is 1.14 bits per heavy atom. The van der Waals surface area contributed by atoms with Gasteiger partial charge in [-0.05, 0) is 36.8 Å². The number of carboxylic acid groups (broad SMARTS) is 1. The summed E-state index contributed by atoms with van der Waals surface area (Å²) in [7, 11) is 0. The first kappa shape index (κ1) is 15.4. The van der Waals surface area contributed by atoms with Crippen LogP contribution >= 0.6 is 11.6 Å². The van der Waals surface area contributed by atoms with E-state index in [1.807, 2.05) is 54.6 Å². The predicted octanol–water partition coefficient (Wildman–Crippen LogP) is 4.38. The van der Waals surface area contributed by atoms with E-state index in [-0.39, 0.29) is 12.5 Å². The van der Waals surface area contributed by atoms with Gasteiger partial charge in [0.25, 0.3) is 0 Å². The number of benzene rings is 2. The molecule has 0 fully saturated rings. The summed E-state index contributed by atoms with van der Waals surface area (Å²) >= 11 is 5.93. The number of carboxylic acids is 1. The van der Waals surface area contributed by atoms with Gasteiger partial charge in [-0.2, -0.15) is 0 Å². The van der Waals surface area contributed by atoms with E-state index in [9.17, 15) is 4.79 Å². The van der Waals surface area contributed by atoms with Crippen molar-refractivity contribution in [3.63, 3.8) is 0 Å². The first-order chi connectivity index (χ1) is 10.1. The van der Waals surface area contributed by atoms with Gasteiger partial charge in [0.05, 0.1) is 12.5 Å². The molecule has 1 N–H and O–H groups in total. The second-order valence-corrected chi connectivity index (χ2v) is 5.34. The van der Waals surface area contributed by atoms with E-state index in [0.717, 1.165) is 11.3 Å². The molecular formula is C17H18ClNO2. The Morgan fingerprint density at radius 3 is 2.33 bits per heavy atom. The third-order valence-corrected chi connectivity index (χ3v) is 3.73. The van der Waals surface area contributed by atoms with Crippen LogP contribution in [0.2, 0.25) is 5.02 Å². The van der Waals surface area contributed by atoms with Crippen molar-refractivity contribution in [2.75, 3.05) is 11.4 Å². The zero-order chi connectivity index (χ0) is 15.2. The summed E-state index contributed by atoms with van der Waals surface area (Å²) in [6, 6.07) is 17.6. The summed E-state index contributed by atoms with van der Waals surface area (Å²) in [6.07, 6.45) is 0.0970. The van der Waals surface area contributed by atoms with E-state index in [0.29, 0.717) is 11.6 Å². The molecular weight excluding hydrogens is 286 g/mol. The molecule has 0 aliphatic rings. The van der Waals surface area contributed by atoms with Crippen LogP contribution in [-0.4, -0.2) is 17.6 Å². The first-order valence-corrected chi connectivity index (χ1v) is 7.24. The van der Waals surface area contributed by atoms with Crippen LogP contribution in [-0.2, 0) is 4.79 Å². The van der Waals surface area contributed by atoms with Crippen LogP contribution < -0.4 is 4.90 Å². The zero-order valence-electron chi connectivity index (χ0n) is 11.9. The second kappa shape index (κ2) is 7.14. The largest absolute Gasteiger partial charge is 0.481 e. The lowest BCUT2D eigenvalue weighted by Gasteiger charge is -2.31. The number of hydrogen-bond acceptors (Lipinski definition) is 2. The maximum atomic E-state index is 10.9. The van der Waals surface area contributed by atoms with Gasteiger partial charge in [0.2, 0.25) is 0 Å². The van der Waals surface area contributed by atoms with Gasteiger partial charge in [-0.3, -0.25) is 4.79 Å². The van der Waals surface area contributed by atoms with Crippen LogP contribution in [0, 0.1) is 0 Å². The van der Waals surface area contributed by atoms with Crippen LogP contribution in [0.1, 0.15) is 24.9 Å². The van der Waals surface area contributed by atoms with Gasteiger partial charge in [0.1, 0.15) is 0 Å². The van der Waals surface area contributed by atoms with E-state index in [1.165, 1.54) is 0 Å². The fourth-order valence-electron chi connectivity index (χ4n) is 2.31. The van der Waals surface area contributed by atoms with E-state index >= 15 is 0 Å². The third kappa shape index (κ3) is 4.23. The maximum Gasteiger partial charge on any atom is 0.305 e. The standard InChI is InChI=1S/C17H18ClNO2/c1-13(14-5-3-2-4-6-14)19(12-11-17(20)21)16-9-7-15(18)8-10-16/h2-10,13H,11-12H2,1H3,(H,20,21). The maximum absolute atomic E-state index is 10.9. The highest BCUT2D eigenvalue weighted by molar-refractivity contribution is 6.30. The molecule has 0 aromatic heterocycles. The van der Waals surface area contributed by atoms with Gasteiger partial charge in [-0.25, -0.2) is 0 Å². The molecule has 21 heavy (non-hydrogen) atoms.